The smallest absolute Gasteiger partial charge is 0.266 e. The number of aromatic nitrogens is 2. The Bertz CT molecular complexity index is 895. The van der Waals surface area contributed by atoms with E-state index >= 15 is 0 Å². The van der Waals surface area contributed by atoms with Crippen LogP contribution in [0.15, 0.2) is 41.2 Å². The van der Waals surface area contributed by atoms with Crippen LogP contribution in [0.1, 0.15) is 25.7 Å². The summed E-state index contributed by atoms with van der Waals surface area (Å²) in [6.07, 6.45) is 3.29. The predicted molar refractivity (Wildman–Crippen MR) is 109 cm³/mol. The van der Waals surface area contributed by atoms with Gasteiger partial charge in [-0.25, -0.2) is 4.68 Å². The second-order valence-electron chi connectivity index (χ2n) is 7.74. The van der Waals surface area contributed by atoms with Crippen molar-refractivity contribution in [1.82, 2.24) is 14.7 Å². The van der Waals surface area contributed by atoms with Gasteiger partial charge in [-0.15, -0.1) is 0 Å². The molecule has 0 unspecified atom stereocenters. The summed E-state index contributed by atoms with van der Waals surface area (Å²) in [6.45, 7) is 2.70. The number of likely N-dealkylation sites (tertiary alicyclic amines) is 1. The number of hydrogen-bond donors (Lipinski definition) is 0. The average molecular weight is 397 g/mol. The van der Waals surface area contributed by atoms with Crippen molar-refractivity contribution in [1.29, 1.82) is 0 Å². The molecule has 2 aliphatic heterocycles. The highest BCUT2D eigenvalue weighted by Gasteiger charge is 2.31. The van der Waals surface area contributed by atoms with Crippen LogP contribution >= 0.6 is 0 Å². The van der Waals surface area contributed by atoms with Crippen LogP contribution in [0.5, 0.6) is 5.75 Å². The van der Waals surface area contributed by atoms with E-state index in [-0.39, 0.29) is 17.6 Å². The molecule has 0 bridgehead atoms. The predicted octanol–water partition coefficient (Wildman–Crippen LogP) is 2.34. The van der Waals surface area contributed by atoms with Crippen molar-refractivity contribution in [3.05, 3.63) is 46.8 Å². The first-order valence-electron chi connectivity index (χ1n) is 10.3. The number of methoxy groups -OCH3 is 1. The summed E-state index contributed by atoms with van der Waals surface area (Å²) in [5, 5.41) is 4.57. The number of benzene rings is 1. The summed E-state index contributed by atoms with van der Waals surface area (Å²) in [6, 6.07) is 11.0. The normalized spacial score (nSPS) is 20.0. The van der Waals surface area contributed by atoms with Gasteiger partial charge >= 0.3 is 0 Å². The van der Waals surface area contributed by atoms with Crippen LogP contribution in [-0.4, -0.2) is 53.5 Å². The minimum absolute atomic E-state index is 0.0971. The SMILES string of the molecule is COc1ccc(-c2ccc(=O)n(CC3CCN(C(=O)[C@H]4CCCO4)CC3)n2)cc1. The average Bonchev–Trinajstić information content (AvgIpc) is 3.30. The second kappa shape index (κ2) is 8.78. The number of carbonyl (C=O) groups excluding carboxylic acids is 1. The second-order valence-corrected chi connectivity index (χ2v) is 7.74. The van der Waals surface area contributed by atoms with Crippen LogP contribution < -0.4 is 10.3 Å². The minimum Gasteiger partial charge on any atom is -0.497 e. The largest absolute Gasteiger partial charge is 0.497 e. The molecule has 7 nitrogen and oxygen atoms in total. The van der Waals surface area contributed by atoms with Crippen LogP contribution in [0, 0.1) is 5.92 Å². The Morgan fingerprint density at radius 2 is 1.90 bits per heavy atom. The van der Waals surface area contributed by atoms with Crippen LogP contribution in [0.25, 0.3) is 11.3 Å². The van der Waals surface area contributed by atoms with Crippen LogP contribution in [-0.2, 0) is 16.1 Å². The highest BCUT2D eigenvalue weighted by Crippen LogP contribution is 2.23. The number of piperidine rings is 1. The zero-order valence-electron chi connectivity index (χ0n) is 16.8. The Morgan fingerprint density at radius 3 is 2.55 bits per heavy atom. The maximum Gasteiger partial charge on any atom is 0.266 e. The molecule has 1 aromatic heterocycles. The van der Waals surface area contributed by atoms with Gasteiger partial charge in [0.25, 0.3) is 11.5 Å². The van der Waals surface area contributed by atoms with Crippen molar-refractivity contribution >= 4 is 5.91 Å². The topological polar surface area (TPSA) is 73.7 Å². The van der Waals surface area contributed by atoms with E-state index in [0.29, 0.717) is 19.1 Å². The maximum absolute atomic E-state index is 12.5. The molecule has 29 heavy (non-hydrogen) atoms. The molecule has 1 aromatic carbocycles. The summed E-state index contributed by atoms with van der Waals surface area (Å²) in [4.78, 5) is 26.7. The van der Waals surface area contributed by atoms with E-state index in [0.717, 1.165) is 55.8 Å². The van der Waals surface area contributed by atoms with E-state index in [1.54, 1.807) is 23.9 Å². The summed E-state index contributed by atoms with van der Waals surface area (Å²) < 4.78 is 12.3. The zero-order chi connectivity index (χ0) is 20.2. The standard InChI is InChI=1S/C22H27N3O4/c1-28-18-6-4-17(5-7-18)19-8-9-21(26)25(23-19)15-16-10-12-24(13-11-16)22(27)20-3-2-14-29-20/h4-9,16,20H,2-3,10-15H2,1H3/t20-/m1/s1. The minimum atomic E-state index is -0.253. The summed E-state index contributed by atoms with van der Waals surface area (Å²) >= 11 is 0. The number of amides is 1. The third-order valence-corrected chi connectivity index (χ3v) is 5.81. The monoisotopic (exact) mass is 397 g/mol. The lowest BCUT2D eigenvalue weighted by Crippen LogP contribution is -2.44. The molecule has 4 rings (SSSR count). The molecule has 7 heteroatoms. The van der Waals surface area contributed by atoms with Crippen molar-refractivity contribution in [3.8, 4) is 17.0 Å². The third-order valence-electron chi connectivity index (χ3n) is 5.81. The van der Waals surface area contributed by atoms with E-state index in [1.807, 2.05) is 29.2 Å². The van der Waals surface area contributed by atoms with E-state index in [1.165, 1.54) is 0 Å². The summed E-state index contributed by atoms with van der Waals surface area (Å²) in [5.41, 5.74) is 1.61. The lowest BCUT2D eigenvalue weighted by Gasteiger charge is -2.33. The fraction of sp³-hybridized carbons (Fsp3) is 0.500. The van der Waals surface area contributed by atoms with Gasteiger partial charge in [0.05, 0.1) is 12.8 Å². The molecule has 0 radical (unpaired) electrons. The lowest BCUT2D eigenvalue weighted by molar-refractivity contribution is -0.142. The van der Waals surface area contributed by atoms with Gasteiger partial charge in [-0.3, -0.25) is 9.59 Å². The Balaban J connectivity index is 1.39. The first kappa shape index (κ1) is 19.6. The Labute approximate surface area is 170 Å². The van der Waals surface area contributed by atoms with Crippen LogP contribution in [0.3, 0.4) is 0 Å². The third kappa shape index (κ3) is 4.50. The molecule has 0 spiro atoms. The number of carbonyl (C=O) groups is 1. The fourth-order valence-electron chi connectivity index (χ4n) is 4.05. The molecule has 0 saturated carbocycles. The summed E-state index contributed by atoms with van der Waals surface area (Å²) in [7, 11) is 1.63. The van der Waals surface area contributed by atoms with Gasteiger partial charge in [-0.2, -0.15) is 5.10 Å². The number of nitrogens with zero attached hydrogens (tertiary/aromatic N) is 3. The maximum atomic E-state index is 12.5. The number of hydrogen-bond acceptors (Lipinski definition) is 5. The molecule has 1 atom stereocenters. The van der Waals surface area contributed by atoms with E-state index in [9.17, 15) is 9.59 Å². The Morgan fingerprint density at radius 1 is 1.14 bits per heavy atom. The molecule has 154 valence electrons. The highest BCUT2D eigenvalue weighted by molar-refractivity contribution is 5.81. The molecule has 2 saturated heterocycles. The molecule has 2 aliphatic rings. The van der Waals surface area contributed by atoms with Crippen LogP contribution in [0.2, 0.25) is 0 Å². The fourth-order valence-corrected chi connectivity index (χ4v) is 4.05. The molecule has 3 heterocycles. The lowest BCUT2D eigenvalue weighted by atomic mass is 9.96. The Hall–Kier alpha value is -2.67. The van der Waals surface area contributed by atoms with E-state index in [2.05, 4.69) is 5.10 Å². The van der Waals surface area contributed by atoms with E-state index in [4.69, 9.17) is 9.47 Å². The van der Waals surface area contributed by atoms with Gasteiger partial charge in [-0.05, 0) is 61.9 Å². The first-order chi connectivity index (χ1) is 14.1. The van der Waals surface area contributed by atoms with Gasteiger partial charge in [0, 0.05) is 37.9 Å². The van der Waals surface area contributed by atoms with E-state index < -0.39 is 0 Å². The molecule has 1 amide bonds. The molecule has 2 aromatic rings. The summed E-state index contributed by atoms with van der Waals surface area (Å²) in [5.74, 6) is 1.24. The molecular weight excluding hydrogens is 370 g/mol. The van der Waals surface area contributed by atoms with Gasteiger partial charge in [0.1, 0.15) is 11.9 Å². The van der Waals surface area contributed by atoms with Crippen molar-refractivity contribution < 1.29 is 14.3 Å². The molecule has 2 fully saturated rings. The van der Waals surface area contributed by atoms with Gasteiger partial charge in [-0.1, -0.05) is 0 Å². The highest BCUT2D eigenvalue weighted by atomic mass is 16.5. The van der Waals surface area contributed by atoms with Gasteiger partial charge in [0.15, 0.2) is 0 Å². The van der Waals surface area contributed by atoms with Gasteiger partial charge < -0.3 is 14.4 Å². The molecular formula is C22H27N3O4. The number of ether oxygens (including phenoxy) is 2. The zero-order valence-corrected chi connectivity index (χ0v) is 16.8. The Kier molecular flexibility index (Phi) is 5.94. The van der Waals surface area contributed by atoms with Gasteiger partial charge in [0.2, 0.25) is 0 Å². The van der Waals surface area contributed by atoms with Crippen molar-refractivity contribution in [2.45, 2.75) is 38.3 Å². The van der Waals surface area contributed by atoms with Crippen molar-refractivity contribution in [3.63, 3.8) is 0 Å². The first-order valence-corrected chi connectivity index (χ1v) is 10.3. The number of rotatable bonds is 5. The quantitative estimate of drug-likeness (QED) is 0.774. The van der Waals surface area contributed by atoms with Crippen molar-refractivity contribution in [2.24, 2.45) is 5.92 Å². The molecule has 0 aliphatic carbocycles. The van der Waals surface area contributed by atoms with Crippen molar-refractivity contribution in [2.75, 3.05) is 26.8 Å². The molecule has 0 N–H and O–H groups in total. The van der Waals surface area contributed by atoms with Crippen LogP contribution in [0.4, 0.5) is 0 Å².